The fourth-order valence-electron chi connectivity index (χ4n) is 0.269. The second-order valence-electron chi connectivity index (χ2n) is 1.64. The Morgan fingerprint density at radius 1 is 1.62 bits per heavy atom. The molecule has 0 aliphatic heterocycles. The summed E-state index contributed by atoms with van der Waals surface area (Å²) in [4.78, 5) is 0. The lowest BCUT2D eigenvalue weighted by molar-refractivity contribution is 1.31. The van der Waals surface area contributed by atoms with Gasteiger partial charge in [-0.05, 0) is 18.6 Å². The van der Waals surface area contributed by atoms with Gasteiger partial charge in [0.2, 0.25) is 0 Å². The highest BCUT2D eigenvalue weighted by molar-refractivity contribution is 5.25. The first-order valence-corrected chi connectivity index (χ1v) is 2.42. The topological polar surface area (TPSA) is 26.0 Å². The van der Waals surface area contributed by atoms with E-state index in [0.717, 1.165) is 5.57 Å². The van der Waals surface area contributed by atoms with Crippen molar-refractivity contribution in [3.63, 3.8) is 0 Å². The minimum atomic E-state index is 0.694. The van der Waals surface area contributed by atoms with Crippen molar-refractivity contribution < 1.29 is 0 Å². The molecule has 0 rings (SSSR count). The molecule has 0 amide bonds. The van der Waals surface area contributed by atoms with Gasteiger partial charge in [-0.3, -0.25) is 0 Å². The second kappa shape index (κ2) is 3.08. The minimum absolute atomic E-state index is 0.694. The summed E-state index contributed by atoms with van der Waals surface area (Å²) in [5.74, 6) is 0. The lowest BCUT2D eigenvalue weighted by Crippen LogP contribution is -1.95. The summed E-state index contributed by atoms with van der Waals surface area (Å²) in [6, 6.07) is 0. The van der Waals surface area contributed by atoms with Crippen molar-refractivity contribution in [1.29, 1.82) is 0 Å². The maximum absolute atomic E-state index is 5.42. The Balaban J connectivity index is 3.99. The van der Waals surface area contributed by atoms with Gasteiger partial charge in [0.05, 0.1) is 0 Å². The third kappa shape index (κ3) is 2.24. The summed E-state index contributed by atoms with van der Waals surface area (Å²) in [5, 5.41) is 0. The maximum atomic E-state index is 5.42. The van der Waals surface area contributed by atoms with E-state index in [4.69, 9.17) is 5.73 Å². The van der Waals surface area contributed by atoms with Crippen molar-refractivity contribution in [3.8, 4) is 0 Å². The summed E-state index contributed by atoms with van der Waals surface area (Å²) in [7, 11) is 0. The smallest absolute Gasteiger partial charge is 0.0337 e. The molecule has 0 saturated heterocycles. The van der Waals surface area contributed by atoms with E-state index in [9.17, 15) is 0 Å². The van der Waals surface area contributed by atoms with Crippen LogP contribution in [0.25, 0.3) is 0 Å². The molecular weight excluding hydrogens is 98.1 g/mol. The van der Waals surface area contributed by atoms with Crippen molar-refractivity contribution in [1.82, 2.24) is 0 Å². The van der Waals surface area contributed by atoms with Gasteiger partial charge >= 0.3 is 0 Å². The number of rotatable bonds is 2. The van der Waals surface area contributed by atoms with Gasteiger partial charge in [0, 0.05) is 5.70 Å². The SMILES string of the molecule is C=C/C=C(/N)C(=C)C. The Morgan fingerprint density at radius 3 is 2.25 bits per heavy atom. The van der Waals surface area contributed by atoms with Crippen LogP contribution in [0.15, 0.2) is 36.6 Å². The van der Waals surface area contributed by atoms with E-state index in [-0.39, 0.29) is 0 Å². The molecule has 0 aliphatic rings. The third-order valence-corrected chi connectivity index (χ3v) is 0.790. The summed E-state index contributed by atoms with van der Waals surface area (Å²) in [6.45, 7) is 8.97. The van der Waals surface area contributed by atoms with Crippen LogP contribution in [0.3, 0.4) is 0 Å². The molecule has 0 aliphatic carbocycles. The van der Waals surface area contributed by atoms with Gasteiger partial charge in [-0.15, -0.1) is 0 Å². The molecule has 1 heteroatoms. The predicted molar refractivity (Wildman–Crippen MR) is 37.3 cm³/mol. The van der Waals surface area contributed by atoms with Crippen LogP contribution in [0.2, 0.25) is 0 Å². The van der Waals surface area contributed by atoms with Crippen LogP contribution in [0.1, 0.15) is 6.92 Å². The van der Waals surface area contributed by atoms with Crippen LogP contribution in [-0.4, -0.2) is 0 Å². The first-order chi connectivity index (χ1) is 3.68. The monoisotopic (exact) mass is 109 g/mol. The summed E-state index contributed by atoms with van der Waals surface area (Å²) in [5.41, 5.74) is 6.99. The van der Waals surface area contributed by atoms with E-state index in [1.54, 1.807) is 12.2 Å². The number of allylic oxidation sites excluding steroid dienone is 3. The molecule has 0 radical (unpaired) electrons. The highest BCUT2D eigenvalue weighted by Crippen LogP contribution is 1.96. The fourth-order valence-corrected chi connectivity index (χ4v) is 0.269. The van der Waals surface area contributed by atoms with E-state index >= 15 is 0 Å². The van der Waals surface area contributed by atoms with Crippen LogP contribution in [0, 0.1) is 0 Å². The van der Waals surface area contributed by atoms with Crippen LogP contribution < -0.4 is 5.73 Å². The molecule has 0 aromatic carbocycles. The Kier molecular flexibility index (Phi) is 2.70. The Morgan fingerprint density at radius 2 is 2.12 bits per heavy atom. The van der Waals surface area contributed by atoms with Gasteiger partial charge in [-0.2, -0.15) is 0 Å². The zero-order chi connectivity index (χ0) is 6.57. The van der Waals surface area contributed by atoms with E-state index in [0.29, 0.717) is 5.70 Å². The highest BCUT2D eigenvalue weighted by Gasteiger charge is 1.83. The van der Waals surface area contributed by atoms with Gasteiger partial charge in [0.1, 0.15) is 0 Å². The lowest BCUT2D eigenvalue weighted by Gasteiger charge is -1.93. The summed E-state index contributed by atoms with van der Waals surface area (Å²) < 4.78 is 0. The molecule has 0 aromatic heterocycles. The second-order valence-corrected chi connectivity index (χ2v) is 1.64. The molecule has 0 unspecified atom stereocenters. The van der Waals surface area contributed by atoms with Gasteiger partial charge in [0.15, 0.2) is 0 Å². The number of hydrogen-bond donors (Lipinski definition) is 1. The molecule has 0 heterocycles. The third-order valence-electron chi connectivity index (χ3n) is 0.790. The van der Waals surface area contributed by atoms with E-state index in [1.165, 1.54) is 0 Å². The van der Waals surface area contributed by atoms with Crippen molar-refractivity contribution in [2.75, 3.05) is 0 Å². The average molecular weight is 109 g/mol. The molecule has 1 nitrogen and oxygen atoms in total. The standard InChI is InChI=1S/C7H11N/c1-4-5-7(8)6(2)3/h4-5H,1-2,8H2,3H3/b7-5+. The van der Waals surface area contributed by atoms with Crippen molar-refractivity contribution in [2.45, 2.75) is 6.92 Å². The first kappa shape index (κ1) is 7.02. The summed E-state index contributed by atoms with van der Waals surface area (Å²) >= 11 is 0. The molecule has 0 fully saturated rings. The molecule has 44 valence electrons. The predicted octanol–water partition coefficient (Wildman–Crippen LogP) is 1.59. The lowest BCUT2D eigenvalue weighted by atomic mass is 10.2. The fraction of sp³-hybridized carbons (Fsp3) is 0.143. The van der Waals surface area contributed by atoms with Crippen LogP contribution in [0.4, 0.5) is 0 Å². The average Bonchev–Trinajstić information content (AvgIpc) is 1.67. The zero-order valence-electron chi connectivity index (χ0n) is 5.15. The molecule has 0 atom stereocenters. The molecule has 0 aromatic rings. The maximum Gasteiger partial charge on any atom is 0.0337 e. The normalized spacial score (nSPS) is 10.9. The van der Waals surface area contributed by atoms with Gasteiger partial charge in [0.25, 0.3) is 0 Å². The molecule has 0 spiro atoms. The zero-order valence-corrected chi connectivity index (χ0v) is 5.15. The molecule has 0 saturated carbocycles. The van der Waals surface area contributed by atoms with Gasteiger partial charge in [-0.25, -0.2) is 0 Å². The highest BCUT2D eigenvalue weighted by atomic mass is 14.6. The Hall–Kier alpha value is -0.980. The van der Waals surface area contributed by atoms with E-state index < -0.39 is 0 Å². The minimum Gasteiger partial charge on any atom is -0.399 e. The molecule has 8 heavy (non-hydrogen) atoms. The van der Waals surface area contributed by atoms with Gasteiger partial charge in [-0.1, -0.05) is 19.2 Å². The first-order valence-electron chi connectivity index (χ1n) is 2.42. The Labute approximate surface area is 50.2 Å². The number of nitrogens with two attached hydrogens (primary N) is 1. The quantitative estimate of drug-likeness (QED) is 0.535. The van der Waals surface area contributed by atoms with Crippen molar-refractivity contribution >= 4 is 0 Å². The van der Waals surface area contributed by atoms with Crippen LogP contribution >= 0.6 is 0 Å². The van der Waals surface area contributed by atoms with Crippen molar-refractivity contribution in [3.05, 3.63) is 36.6 Å². The number of hydrogen-bond acceptors (Lipinski definition) is 1. The van der Waals surface area contributed by atoms with Crippen LogP contribution in [-0.2, 0) is 0 Å². The Bertz CT molecular complexity index is 131. The molecule has 2 N–H and O–H groups in total. The van der Waals surface area contributed by atoms with E-state index in [2.05, 4.69) is 13.2 Å². The van der Waals surface area contributed by atoms with E-state index in [1.807, 2.05) is 6.92 Å². The van der Waals surface area contributed by atoms with Crippen molar-refractivity contribution in [2.24, 2.45) is 5.73 Å². The van der Waals surface area contributed by atoms with Crippen LogP contribution in [0.5, 0.6) is 0 Å². The van der Waals surface area contributed by atoms with Gasteiger partial charge < -0.3 is 5.73 Å². The molecule has 0 bridgehead atoms. The molecular formula is C7H11N. The largest absolute Gasteiger partial charge is 0.399 e. The summed E-state index contributed by atoms with van der Waals surface area (Å²) in [6.07, 6.45) is 3.37.